The summed E-state index contributed by atoms with van der Waals surface area (Å²) >= 11 is 0. The summed E-state index contributed by atoms with van der Waals surface area (Å²) in [7, 11) is 1.68. The number of fused-ring (bicyclic) bond motifs is 1. The molecule has 0 radical (unpaired) electrons. The van der Waals surface area contributed by atoms with Crippen molar-refractivity contribution >= 4 is 10.8 Å². The molecular weight excluding hydrogens is 308 g/mol. The van der Waals surface area contributed by atoms with E-state index < -0.39 is 0 Å². The summed E-state index contributed by atoms with van der Waals surface area (Å²) in [6.45, 7) is 0. The average Bonchev–Trinajstić information content (AvgIpc) is 2.69. The maximum Gasteiger partial charge on any atom is 0.143 e. The molecule has 0 bridgehead atoms. The minimum absolute atomic E-state index is 0.822. The first kappa shape index (κ1) is 15.3. The molecule has 0 fully saturated rings. The van der Waals surface area contributed by atoms with Gasteiger partial charge in [0.2, 0.25) is 0 Å². The molecule has 4 aromatic rings. The Bertz CT molecular complexity index is 1010. The van der Waals surface area contributed by atoms with Gasteiger partial charge in [-0.3, -0.25) is 0 Å². The van der Waals surface area contributed by atoms with E-state index >= 15 is 0 Å². The molecule has 4 rings (SSSR count). The fourth-order valence-electron chi connectivity index (χ4n) is 2.98. The minimum Gasteiger partial charge on any atom is -0.497 e. The number of benzene rings is 4. The monoisotopic (exact) mass is 326 g/mol. The van der Waals surface area contributed by atoms with Gasteiger partial charge in [-0.1, -0.05) is 60.7 Å². The van der Waals surface area contributed by atoms with Crippen molar-refractivity contribution in [3.63, 3.8) is 0 Å². The van der Waals surface area contributed by atoms with Crippen molar-refractivity contribution in [2.45, 2.75) is 0 Å². The first-order valence-electron chi connectivity index (χ1n) is 8.24. The summed E-state index contributed by atoms with van der Waals surface area (Å²) < 4.78 is 11.7. The first-order valence-corrected chi connectivity index (χ1v) is 8.24. The second-order valence-electron chi connectivity index (χ2n) is 5.81. The Balaban J connectivity index is 1.92. The average molecular weight is 326 g/mol. The topological polar surface area (TPSA) is 18.5 Å². The van der Waals surface area contributed by atoms with Crippen molar-refractivity contribution < 1.29 is 9.47 Å². The van der Waals surface area contributed by atoms with Crippen LogP contribution in [0.25, 0.3) is 21.9 Å². The van der Waals surface area contributed by atoms with Crippen LogP contribution in [0.15, 0.2) is 91.0 Å². The summed E-state index contributed by atoms with van der Waals surface area (Å²) in [6, 6.07) is 30.4. The van der Waals surface area contributed by atoms with E-state index in [1.54, 1.807) is 7.11 Å². The van der Waals surface area contributed by atoms with E-state index in [2.05, 4.69) is 30.3 Å². The molecule has 0 unspecified atom stereocenters. The molecule has 2 heteroatoms. The Kier molecular flexibility index (Phi) is 4.09. The van der Waals surface area contributed by atoms with E-state index in [1.165, 1.54) is 0 Å². The maximum atomic E-state index is 6.31. The van der Waals surface area contributed by atoms with E-state index in [1.807, 2.05) is 60.7 Å². The smallest absolute Gasteiger partial charge is 0.143 e. The van der Waals surface area contributed by atoms with Crippen LogP contribution < -0.4 is 9.47 Å². The lowest BCUT2D eigenvalue weighted by Crippen LogP contribution is -1.91. The van der Waals surface area contributed by atoms with Gasteiger partial charge in [-0.25, -0.2) is 0 Å². The van der Waals surface area contributed by atoms with Crippen LogP contribution in [0.3, 0.4) is 0 Å². The third-order valence-electron chi connectivity index (χ3n) is 4.22. The van der Waals surface area contributed by atoms with Gasteiger partial charge in [0.15, 0.2) is 0 Å². The fraction of sp³-hybridized carbons (Fsp3) is 0.0435. The number of ether oxygens (including phenoxy) is 2. The summed E-state index contributed by atoms with van der Waals surface area (Å²) in [6.07, 6.45) is 0. The predicted octanol–water partition coefficient (Wildman–Crippen LogP) is 6.31. The van der Waals surface area contributed by atoms with Crippen molar-refractivity contribution in [2.75, 3.05) is 7.11 Å². The highest BCUT2D eigenvalue weighted by molar-refractivity contribution is 5.95. The van der Waals surface area contributed by atoms with Crippen molar-refractivity contribution in [1.29, 1.82) is 0 Å². The van der Waals surface area contributed by atoms with Gasteiger partial charge in [0.05, 0.1) is 7.11 Å². The summed E-state index contributed by atoms with van der Waals surface area (Å²) in [4.78, 5) is 0. The van der Waals surface area contributed by atoms with E-state index in [9.17, 15) is 0 Å². The number of hydrogen-bond donors (Lipinski definition) is 0. The zero-order chi connectivity index (χ0) is 17.1. The van der Waals surface area contributed by atoms with Crippen LogP contribution in [0.5, 0.6) is 17.2 Å². The minimum atomic E-state index is 0.822. The van der Waals surface area contributed by atoms with Crippen LogP contribution in [0.1, 0.15) is 0 Å². The number of methoxy groups -OCH3 is 1. The third-order valence-corrected chi connectivity index (χ3v) is 4.22. The summed E-state index contributed by atoms with van der Waals surface area (Å²) in [5.74, 6) is 2.51. The first-order chi connectivity index (χ1) is 12.3. The van der Waals surface area contributed by atoms with E-state index in [4.69, 9.17) is 9.47 Å². The predicted molar refractivity (Wildman–Crippen MR) is 102 cm³/mol. The number of rotatable bonds is 4. The van der Waals surface area contributed by atoms with Gasteiger partial charge in [-0.2, -0.15) is 0 Å². The van der Waals surface area contributed by atoms with Crippen LogP contribution in [0, 0.1) is 0 Å². The Morgan fingerprint density at radius 2 is 1.40 bits per heavy atom. The number of para-hydroxylation sites is 1. The Labute approximate surface area is 147 Å². The van der Waals surface area contributed by atoms with Gasteiger partial charge in [0, 0.05) is 10.9 Å². The van der Waals surface area contributed by atoms with Crippen molar-refractivity contribution in [1.82, 2.24) is 0 Å². The van der Waals surface area contributed by atoms with Crippen LogP contribution >= 0.6 is 0 Å². The summed E-state index contributed by atoms with van der Waals surface area (Å²) in [5, 5.41) is 2.24. The molecule has 0 aliphatic carbocycles. The molecule has 0 spiro atoms. The molecule has 0 aliphatic rings. The van der Waals surface area contributed by atoms with E-state index in [0.29, 0.717) is 0 Å². The normalized spacial score (nSPS) is 10.6. The van der Waals surface area contributed by atoms with Gasteiger partial charge < -0.3 is 9.47 Å². The van der Waals surface area contributed by atoms with Crippen molar-refractivity contribution in [2.24, 2.45) is 0 Å². The summed E-state index contributed by atoms with van der Waals surface area (Å²) in [5.41, 5.74) is 2.11. The molecular formula is C23H18O2. The van der Waals surface area contributed by atoms with Gasteiger partial charge >= 0.3 is 0 Å². The molecule has 0 saturated heterocycles. The molecule has 25 heavy (non-hydrogen) atoms. The van der Waals surface area contributed by atoms with Gasteiger partial charge in [-0.15, -0.1) is 0 Å². The van der Waals surface area contributed by atoms with Crippen LogP contribution in [0.2, 0.25) is 0 Å². The van der Waals surface area contributed by atoms with E-state index in [-0.39, 0.29) is 0 Å². The van der Waals surface area contributed by atoms with Crippen LogP contribution in [0.4, 0.5) is 0 Å². The highest BCUT2D eigenvalue weighted by atomic mass is 16.5. The Morgan fingerprint density at radius 1 is 0.640 bits per heavy atom. The van der Waals surface area contributed by atoms with Crippen LogP contribution in [-0.4, -0.2) is 7.11 Å². The SMILES string of the molecule is COc1cccc(-c2ccc3ccccc3c2Oc2ccccc2)c1. The third kappa shape index (κ3) is 3.07. The molecule has 4 aromatic carbocycles. The highest BCUT2D eigenvalue weighted by Crippen LogP contribution is 2.40. The van der Waals surface area contributed by atoms with Gasteiger partial charge in [0.1, 0.15) is 17.2 Å². The zero-order valence-corrected chi connectivity index (χ0v) is 14.0. The Morgan fingerprint density at radius 3 is 2.24 bits per heavy atom. The van der Waals surface area contributed by atoms with Crippen molar-refractivity contribution in [3.8, 4) is 28.4 Å². The molecule has 122 valence electrons. The zero-order valence-electron chi connectivity index (χ0n) is 14.0. The van der Waals surface area contributed by atoms with Gasteiger partial charge in [-0.05, 0) is 41.3 Å². The molecule has 2 nitrogen and oxygen atoms in total. The van der Waals surface area contributed by atoms with E-state index in [0.717, 1.165) is 39.1 Å². The van der Waals surface area contributed by atoms with Gasteiger partial charge in [0.25, 0.3) is 0 Å². The van der Waals surface area contributed by atoms with Crippen LogP contribution in [-0.2, 0) is 0 Å². The molecule has 0 saturated carbocycles. The lowest BCUT2D eigenvalue weighted by Gasteiger charge is -2.15. The molecule has 0 atom stereocenters. The Hall–Kier alpha value is -3.26. The lowest BCUT2D eigenvalue weighted by molar-refractivity contribution is 0.415. The van der Waals surface area contributed by atoms with Crippen molar-refractivity contribution in [3.05, 3.63) is 91.0 Å². The molecule has 0 heterocycles. The second kappa shape index (κ2) is 6.70. The quantitative estimate of drug-likeness (QED) is 0.437. The fourth-order valence-corrected chi connectivity index (χ4v) is 2.98. The largest absolute Gasteiger partial charge is 0.497 e. The molecule has 0 aliphatic heterocycles. The molecule has 0 N–H and O–H groups in total. The highest BCUT2D eigenvalue weighted by Gasteiger charge is 2.12. The lowest BCUT2D eigenvalue weighted by atomic mass is 9.99. The number of hydrogen-bond acceptors (Lipinski definition) is 2. The standard InChI is InChI=1S/C23H18O2/c1-24-20-12-7-9-18(16-20)22-15-14-17-8-5-6-13-21(17)23(22)25-19-10-3-2-4-11-19/h2-16H,1H3. The maximum absolute atomic E-state index is 6.31. The molecule has 0 amide bonds. The second-order valence-corrected chi connectivity index (χ2v) is 5.81. The molecule has 0 aromatic heterocycles.